The van der Waals surface area contributed by atoms with Crippen molar-refractivity contribution in [2.24, 2.45) is 0 Å². The molecular formula is C15H20N2O4. The van der Waals surface area contributed by atoms with E-state index in [9.17, 15) is 14.9 Å². The van der Waals surface area contributed by atoms with Crippen LogP contribution >= 0.6 is 0 Å². The van der Waals surface area contributed by atoms with Gasteiger partial charge in [-0.15, -0.1) is 0 Å². The van der Waals surface area contributed by atoms with Crippen molar-refractivity contribution in [3.8, 4) is 0 Å². The van der Waals surface area contributed by atoms with Gasteiger partial charge in [-0.1, -0.05) is 12.1 Å². The lowest BCUT2D eigenvalue weighted by atomic mass is 10.2. The number of benzene rings is 1. The summed E-state index contributed by atoms with van der Waals surface area (Å²) >= 11 is 0. The molecule has 2 rings (SSSR count). The zero-order chi connectivity index (χ0) is 15.6. The number of nitrogens with zero attached hydrogens (tertiary/aromatic N) is 2. The van der Waals surface area contributed by atoms with Crippen LogP contribution in [0.4, 0.5) is 10.5 Å². The lowest BCUT2D eigenvalue weighted by Crippen LogP contribution is -2.37. The van der Waals surface area contributed by atoms with Crippen molar-refractivity contribution in [3.63, 3.8) is 0 Å². The molecule has 1 aliphatic carbocycles. The van der Waals surface area contributed by atoms with Crippen molar-refractivity contribution < 1.29 is 14.5 Å². The molecule has 1 fully saturated rings. The fraction of sp³-hybridized carbons (Fsp3) is 0.533. The topological polar surface area (TPSA) is 72.7 Å². The number of rotatable bonds is 4. The Morgan fingerprint density at radius 2 is 1.90 bits per heavy atom. The van der Waals surface area contributed by atoms with Crippen molar-refractivity contribution >= 4 is 11.8 Å². The van der Waals surface area contributed by atoms with Gasteiger partial charge in [0.05, 0.1) is 4.92 Å². The fourth-order valence-electron chi connectivity index (χ4n) is 1.97. The lowest BCUT2D eigenvalue weighted by molar-refractivity contribution is -0.384. The molecule has 0 N–H and O–H groups in total. The van der Waals surface area contributed by atoms with E-state index in [0.29, 0.717) is 6.54 Å². The number of ether oxygens (including phenoxy) is 1. The van der Waals surface area contributed by atoms with E-state index in [-0.39, 0.29) is 17.8 Å². The van der Waals surface area contributed by atoms with Gasteiger partial charge < -0.3 is 9.64 Å². The Morgan fingerprint density at radius 1 is 1.33 bits per heavy atom. The van der Waals surface area contributed by atoms with E-state index < -0.39 is 10.5 Å². The monoisotopic (exact) mass is 292 g/mol. The summed E-state index contributed by atoms with van der Waals surface area (Å²) in [4.78, 5) is 24.1. The van der Waals surface area contributed by atoms with Gasteiger partial charge in [0.25, 0.3) is 5.69 Å². The quantitative estimate of drug-likeness (QED) is 0.629. The minimum Gasteiger partial charge on any atom is -0.444 e. The van der Waals surface area contributed by atoms with E-state index in [1.807, 2.05) is 20.8 Å². The van der Waals surface area contributed by atoms with Gasteiger partial charge >= 0.3 is 6.09 Å². The molecule has 0 aromatic heterocycles. The number of amides is 1. The molecule has 1 saturated carbocycles. The summed E-state index contributed by atoms with van der Waals surface area (Å²) in [6, 6.07) is 6.48. The molecule has 0 radical (unpaired) electrons. The zero-order valence-corrected chi connectivity index (χ0v) is 12.5. The summed E-state index contributed by atoms with van der Waals surface area (Å²) < 4.78 is 5.41. The minimum absolute atomic E-state index is 0.0500. The van der Waals surface area contributed by atoms with Crippen LogP contribution in [0.1, 0.15) is 39.2 Å². The summed E-state index contributed by atoms with van der Waals surface area (Å²) in [5, 5.41) is 10.6. The van der Waals surface area contributed by atoms with E-state index >= 15 is 0 Å². The van der Waals surface area contributed by atoms with Crippen molar-refractivity contribution in [1.29, 1.82) is 0 Å². The van der Waals surface area contributed by atoms with E-state index in [1.165, 1.54) is 12.1 Å². The highest BCUT2D eigenvalue weighted by atomic mass is 16.6. The summed E-state index contributed by atoms with van der Waals surface area (Å²) in [7, 11) is 0. The van der Waals surface area contributed by atoms with Crippen molar-refractivity contribution in [1.82, 2.24) is 4.90 Å². The first-order valence-corrected chi connectivity index (χ1v) is 6.99. The standard InChI is InChI=1S/C15H20N2O4/c1-15(2,3)21-14(18)16(12-8-9-12)10-11-4-6-13(7-5-11)17(19)20/h4-7,12H,8-10H2,1-3H3. The van der Waals surface area contributed by atoms with E-state index in [4.69, 9.17) is 4.74 Å². The molecule has 0 unspecified atom stereocenters. The molecule has 6 nitrogen and oxygen atoms in total. The van der Waals surface area contributed by atoms with Gasteiger partial charge in [-0.05, 0) is 39.2 Å². The molecule has 0 saturated heterocycles. The molecule has 1 aromatic rings. The summed E-state index contributed by atoms with van der Waals surface area (Å²) in [5.41, 5.74) is 0.382. The second kappa shape index (κ2) is 5.71. The molecule has 0 atom stereocenters. The van der Waals surface area contributed by atoms with Crippen LogP contribution in [0.15, 0.2) is 24.3 Å². The number of nitro groups is 1. The third-order valence-electron chi connectivity index (χ3n) is 3.12. The molecule has 1 amide bonds. The molecule has 1 aromatic carbocycles. The van der Waals surface area contributed by atoms with Crippen LogP contribution in [0.5, 0.6) is 0 Å². The fourth-order valence-corrected chi connectivity index (χ4v) is 1.97. The Labute approximate surface area is 123 Å². The number of hydrogen-bond acceptors (Lipinski definition) is 4. The highest BCUT2D eigenvalue weighted by molar-refractivity contribution is 5.69. The van der Waals surface area contributed by atoms with Crippen LogP contribution in [-0.4, -0.2) is 27.6 Å². The molecule has 1 aliphatic rings. The van der Waals surface area contributed by atoms with Crippen molar-refractivity contribution in [3.05, 3.63) is 39.9 Å². The maximum atomic E-state index is 12.2. The average Bonchev–Trinajstić information content (AvgIpc) is 3.18. The molecule has 0 bridgehead atoms. The van der Waals surface area contributed by atoms with Gasteiger partial charge in [0.15, 0.2) is 0 Å². The average molecular weight is 292 g/mol. The summed E-state index contributed by atoms with van der Waals surface area (Å²) in [6.45, 7) is 5.92. The SMILES string of the molecule is CC(C)(C)OC(=O)N(Cc1ccc([N+](=O)[O-])cc1)C1CC1. The third kappa shape index (κ3) is 4.44. The molecule has 6 heteroatoms. The Kier molecular flexibility index (Phi) is 4.16. The zero-order valence-electron chi connectivity index (χ0n) is 12.5. The first-order chi connectivity index (χ1) is 9.76. The maximum Gasteiger partial charge on any atom is 0.410 e. The lowest BCUT2D eigenvalue weighted by Gasteiger charge is -2.27. The molecule has 0 aliphatic heterocycles. The third-order valence-corrected chi connectivity index (χ3v) is 3.12. The van der Waals surface area contributed by atoms with Gasteiger partial charge in [-0.25, -0.2) is 4.79 Å². The smallest absolute Gasteiger partial charge is 0.410 e. The van der Waals surface area contributed by atoms with E-state index in [0.717, 1.165) is 18.4 Å². The predicted octanol–water partition coefficient (Wildman–Crippen LogP) is 3.49. The Bertz CT molecular complexity index is 530. The normalized spacial score (nSPS) is 14.6. The largest absolute Gasteiger partial charge is 0.444 e. The Hall–Kier alpha value is -2.11. The molecule has 0 spiro atoms. The Morgan fingerprint density at radius 3 is 2.33 bits per heavy atom. The van der Waals surface area contributed by atoms with Gasteiger partial charge in [0.2, 0.25) is 0 Å². The van der Waals surface area contributed by atoms with Gasteiger partial charge in [0, 0.05) is 24.7 Å². The molecule has 0 heterocycles. The van der Waals surface area contributed by atoms with Crippen LogP contribution in [0.3, 0.4) is 0 Å². The predicted molar refractivity (Wildman–Crippen MR) is 77.9 cm³/mol. The first-order valence-electron chi connectivity index (χ1n) is 6.99. The molecule has 114 valence electrons. The first kappa shape index (κ1) is 15.3. The van der Waals surface area contributed by atoms with Crippen LogP contribution in [0.25, 0.3) is 0 Å². The van der Waals surface area contributed by atoms with Gasteiger partial charge in [-0.2, -0.15) is 0 Å². The molecule has 21 heavy (non-hydrogen) atoms. The highest BCUT2D eigenvalue weighted by Crippen LogP contribution is 2.30. The Balaban J connectivity index is 2.06. The van der Waals surface area contributed by atoms with Crippen molar-refractivity contribution in [2.75, 3.05) is 0 Å². The van der Waals surface area contributed by atoms with Crippen molar-refractivity contribution in [2.45, 2.75) is 51.8 Å². The van der Waals surface area contributed by atoms with Crippen LogP contribution in [0, 0.1) is 10.1 Å². The van der Waals surface area contributed by atoms with Gasteiger partial charge in [0.1, 0.15) is 5.60 Å². The summed E-state index contributed by atoms with van der Waals surface area (Å²) in [6.07, 6.45) is 1.63. The van der Waals surface area contributed by atoms with Crippen LogP contribution in [0.2, 0.25) is 0 Å². The second-order valence-electron chi connectivity index (χ2n) is 6.26. The number of carbonyl (C=O) groups excluding carboxylic acids is 1. The number of hydrogen-bond donors (Lipinski definition) is 0. The van der Waals surface area contributed by atoms with E-state index in [2.05, 4.69) is 0 Å². The van der Waals surface area contributed by atoms with E-state index in [1.54, 1.807) is 17.0 Å². The van der Waals surface area contributed by atoms with Crippen LogP contribution in [-0.2, 0) is 11.3 Å². The second-order valence-corrected chi connectivity index (χ2v) is 6.26. The summed E-state index contributed by atoms with van der Waals surface area (Å²) in [5.74, 6) is 0. The molecular weight excluding hydrogens is 272 g/mol. The highest BCUT2D eigenvalue weighted by Gasteiger charge is 2.35. The van der Waals surface area contributed by atoms with Crippen LogP contribution < -0.4 is 0 Å². The van der Waals surface area contributed by atoms with Gasteiger partial charge in [-0.3, -0.25) is 10.1 Å². The maximum absolute atomic E-state index is 12.2. The number of nitro benzene ring substituents is 1. The number of non-ortho nitro benzene ring substituents is 1. The number of carbonyl (C=O) groups is 1. The minimum atomic E-state index is -0.528.